The van der Waals surface area contributed by atoms with Gasteiger partial charge in [-0.2, -0.15) is 0 Å². The first kappa shape index (κ1) is 17.1. The summed E-state index contributed by atoms with van der Waals surface area (Å²) < 4.78 is 11.4. The summed E-state index contributed by atoms with van der Waals surface area (Å²) in [4.78, 5) is 0.833. The molecular formula is C17H16ClN3OS2. The van der Waals surface area contributed by atoms with E-state index in [-0.39, 0.29) is 0 Å². The highest BCUT2D eigenvalue weighted by Crippen LogP contribution is 2.20. The molecule has 3 rings (SSSR count). The molecule has 0 aliphatic carbocycles. The Kier molecular flexibility index (Phi) is 5.60. The van der Waals surface area contributed by atoms with Crippen LogP contribution in [-0.2, 0) is 23.8 Å². The second kappa shape index (κ2) is 7.88. The van der Waals surface area contributed by atoms with Crippen LogP contribution in [0.4, 0.5) is 5.13 Å². The topological polar surface area (TPSA) is 54.9 Å². The molecule has 0 radical (unpaired) electrons. The van der Waals surface area contributed by atoms with Gasteiger partial charge in [0, 0.05) is 39.9 Å². The van der Waals surface area contributed by atoms with Crippen molar-refractivity contribution >= 4 is 38.9 Å². The van der Waals surface area contributed by atoms with E-state index in [0.29, 0.717) is 6.54 Å². The van der Waals surface area contributed by atoms with E-state index in [1.165, 1.54) is 0 Å². The van der Waals surface area contributed by atoms with Crippen LogP contribution in [0.1, 0.15) is 16.1 Å². The fourth-order valence-corrected chi connectivity index (χ4v) is 3.56. The van der Waals surface area contributed by atoms with Crippen molar-refractivity contribution in [3.63, 3.8) is 0 Å². The Bertz CT molecular complexity index is 832. The highest BCUT2D eigenvalue weighted by molar-refractivity contribution is 7.84. The molecule has 0 saturated carbocycles. The van der Waals surface area contributed by atoms with Crippen LogP contribution in [0.5, 0.6) is 0 Å². The normalized spacial score (nSPS) is 12.1. The van der Waals surface area contributed by atoms with Crippen molar-refractivity contribution in [1.29, 1.82) is 0 Å². The van der Waals surface area contributed by atoms with E-state index in [1.807, 2.05) is 48.5 Å². The lowest BCUT2D eigenvalue weighted by molar-refractivity contribution is 0.687. The summed E-state index contributed by atoms with van der Waals surface area (Å²) in [5, 5.41) is 14.1. The number of aromatic nitrogens is 2. The Balaban J connectivity index is 1.57. The SMILES string of the molecule is CS(=O)c1ccc(CNc2nnc(Cc3ccc(Cl)cc3)s2)cc1. The molecular weight excluding hydrogens is 362 g/mol. The molecule has 124 valence electrons. The van der Waals surface area contributed by atoms with E-state index >= 15 is 0 Å². The summed E-state index contributed by atoms with van der Waals surface area (Å²) in [6.07, 6.45) is 2.42. The van der Waals surface area contributed by atoms with Gasteiger partial charge in [-0.05, 0) is 35.4 Å². The molecule has 1 atom stereocenters. The molecule has 0 spiro atoms. The van der Waals surface area contributed by atoms with Gasteiger partial charge in [0.15, 0.2) is 0 Å². The molecule has 1 heterocycles. The van der Waals surface area contributed by atoms with E-state index in [2.05, 4.69) is 15.5 Å². The maximum Gasteiger partial charge on any atom is 0.205 e. The minimum Gasteiger partial charge on any atom is -0.356 e. The summed E-state index contributed by atoms with van der Waals surface area (Å²) in [6, 6.07) is 15.5. The predicted molar refractivity (Wildman–Crippen MR) is 100 cm³/mol. The third-order valence-electron chi connectivity index (χ3n) is 3.43. The minimum atomic E-state index is -0.944. The summed E-state index contributed by atoms with van der Waals surface area (Å²) in [7, 11) is -0.944. The van der Waals surface area contributed by atoms with E-state index < -0.39 is 10.8 Å². The summed E-state index contributed by atoms with van der Waals surface area (Å²) in [5.41, 5.74) is 2.27. The molecule has 0 saturated heterocycles. The highest BCUT2D eigenvalue weighted by Gasteiger charge is 2.05. The van der Waals surface area contributed by atoms with E-state index in [0.717, 1.165) is 37.6 Å². The average molecular weight is 378 g/mol. The lowest BCUT2D eigenvalue weighted by Crippen LogP contribution is -1.99. The second-order valence-corrected chi connectivity index (χ2v) is 8.13. The van der Waals surface area contributed by atoms with Gasteiger partial charge in [-0.1, -0.05) is 47.2 Å². The maximum atomic E-state index is 11.4. The van der Waals surface area contributed by atoms with Crippen LogP contribution in [0.2, 0.25) is 5.02 Å². The number of anilines is 1. The number of halogens is 1. The Labute approximate surface area is 152 Å². The van der Waals surface area contributed by atoms with Gasteiger partial charge in [-0.15, -0.1) is 10.2 Å². The number of rotatable bonds is 6. The van der Waals surface area contributed by atoms with Crippen molar-refractivity contribution in [2.24, 2.45) is 0 Å². The van der Waals surface area contributed by atoms with Crippen molar-refractivity contribution in [1.82, 2.24) is 10.2 Å². The monoisotopic (exact) mass is 377 g/mol. The molecule has 0 aliphatic rings. The van der Waals surface area contributed by atoms with Crippen LogP contribution in [0.15, 0.2) is 53.4 Å². The van der Waals surface area contributed by atoms with Gasteiger partial charge in [-0.25, -0.2) is 0 Å². The molecule has 4 nitrogen and oxygen atoms in total. The molecule has 1 aromatic heterocycles. The van der Waals surface area contributed by atoms with Gasteiger partial charge in [-0.3, -0.25) is 4.21 Å². The summed E-state index contributed by atoms with van der Waals surface area (Å²) >= 11 is 7.44. The number of hydrogen-bond donors (Lipinski definition) is 1. The number of hydrogen-bond acceptors (Lipinski definition) is 5. The number of benzene rings is 2. The van der Waals surface area contributed by atoms with Crippen LogP contribution in [0, 0.1) is 0 Å². The molecule has 1 N–H and O–H groups in total. The average Bonchev–Trinajstić information content (AvgIpc) is 3.03. The lowest BCUT2D eigenvalue weighted by Gasteiger charge is -2.03. The first-order valence-corrected chi connectivity index (χ1v) is 10.1. The first-order valence-electron chi connectivity index (χ1n) is 7.33. The van der Waals surface area contributed by atoms with E-state index in [1.54, 1.807) is 17.6 Å². The fraction of sp³-hybridized carbons (Fsp3) is 0.176. The number of nitrogens with zero attached hydrogens (tertiary/aromatic N) is 2. The number of nitrogens with one attached hydrogen (secondary N) is 1. The van der Waals surface area contributed by atoms with Gasteiger partial charge < -0.3 is 5.32 Å². The van der Waals surface area contributed by atoms with Gasteiger partial charge in [0.05, 0.1) is 0 Å². The van der Waals surface area contributed by atoms with Crippen molar-refractivity contribution in [3.05, 3.63) is 69.7 Å². The Hall–Kier alpha value is -1.76. The molecule has 7 heteroatoms. The van der Waals surface area contributed by atoms with Gasteiger partial charge in [0.1, 0.15) is 5.01 Å². The minimum absolute atomic E-state index is 0.659. The first-order chi connectivity index (χ1) is 11.6. The fourth-order valence-electron chi connectivity index (χ4n) is 2.15. The largest absolute Gasteiger partial charge is 0.356 e. The zero-order valence-corrected chi connectivity index (χ0v) is 15.4. The second-order valence-electron chi connectivity index (χ2n) is 5.26. The lowest BCUT2D eigenvalue weighted by atomic mass is 10.2. The zero-order chi connectivity index (χ0) is 16.9. The molecule has 1 unspecified atom stereocenters. The quantitative estimate of drug-likeness (QED) is 0.701. The summed E-state index contributed by atoms with van der Waals surface area (Å²) in [5.74, 6) is 0. The predicted octanol–water partition coefficient (Wildman–Crippen LogP) is 4.13. The maximum absolute atomic E-state index is 11.4. The Morgan fingerprint density at radius 3 is 2.38 bits per heavy atom. The van der Waals surface area contributed by atoms with Crippen LogP contribution >= 0.6 is 22.9 Å². The molecule has 0 fully saturated rings. The molecule has 3 aromatic rings. The molecule has 2 aromatic carbocycles. The van der Waals surface area contributed by atoms with Gasteiger partial charge in [0.25, 0.3) is 0 Å². The molecule has 24 heavy (non-hydrogen) atoms. The summed E-state index contributed by atoms with van der Waals surface area (Å²) in [6.45, 7) is 0.659. The molecule has 0 amide bonds. The van der Waals surface area contributed by atoms with Crippen molar-refractivity contribution < 1.29 is 4.21 Å². The Morgan fingerprint density at radius 2 is 1.71 bits per heavy atom. The van der Waals surface area contributed by atoms with Crippen LogP contribution in [0.3, 0.4) is 0 Å². The van der Waals surface area contributed by atoms with Crippen molar-refractivity contribution in [2.45, 2.75) is 17.9 Å². The molecule has 0 bridgehead atoms. The van der Waals surface area contributed by atoms with Crippen LogP contribution < -0.4 is 5.32 Å². The van der Waals surface area contributed by atoms with Gasteiger partial charge >= 0.3 is 0 Å². The van der Waals surface area contributed by atoms with Crippen LogP contribution in [0.25, 0.3) is 0 Å². The highest BCUT2D eigenvalue weighted by atomic mass is 35.5. The van der Waals surface area contributed by atoms with E-state index in [9.17, 15) is 4.21 Å². The zero-order valence-electron chi connectivity index (χ0n) is 13.0. The van der Waals surface area contributed by atoms with Crippen LogP contribution in [-0.4, -0.2) is 20.7 Å². The Morgan fingerprint density at radius 1 is 1.04 bits per heavy atom. The standard InChI is InChI=1S/C17H16ClN3OS2/c1-24(22)15-8-4-13(5-9-15)11-19-17-21-20-16(23-17)10-12-2-6-14(18)7-3-12/h2-9H,10-11H2,1H3,(H,19,21). The van der Waals surface area contributed by atoms with Gasteiger partial charge in [0.2, 0.25) is 5.13 Å². The molecule has 0 aliphatic heterocycles. The van der Waals surface area contributed by atoms with Crippen molar-refractivity contribution in [2.75, 3.05) is 11.6 Å². The van der Waals surface area contributed by atoms with Crippen molar-refractivity contribution in [3.8, 4) is 0 Å². The van der Waals surface area contributed by atoms with E-state index in [4.69, 9.17) is 11.6 Å². The third-order valence-corrected chi connectivity index (χ3v) is 5.50. The third kappa shape index (κ3) is 4.63. The smallest absolute Gasteiger partial charge is 0.205 e.